The Balaban J connectivity index is 2.51. The van der Waals surface area contributed by atoms with Crippen LogP contribution < -0.4 is 10.6 Å². The third-order valence-electron chi connectivity index (χ3n) is 2.80. The predicted molar refractivity (Wildman–Crippen MR) is 77.7 cm³/mol. The first-order valence-corrected chi connectivity index (χ1v) is 7.17. The van der Waals surface area contributed by atoms with Crippen LogP contribution in [0.15, 0.2) is 6.20 Å². The number of nitrogens with one attached hydrogen (secondary N) is 2. The van der Waals surface area contributed by atoms with Crippen LogP contribution in [0.1, 0.15) is 37.1 Å². The number of hydrogen-bond donors (Lipinski definition) is 3. The first-order chi connectivity index (χ1) is 9.18. The van der Waals surface area contributed by atoms with Gasteiger partial charge in [0.2, 0.25) is 0 Å². The zero-order valence-corrected chi connectivity index (χ0v) is 13.0. The van der Waals surface area contributed by atoms with Crippen molar-refractivity contribution in [1.29, 1.82) is 0 Å². The largest absolute Gasteiger partial charge is 0.481 e. The van der Waals surface area contributed by atoms with Gasteiger partial charge in [-0.1, -0.05) is 20.8 Å². The Morgan fingerprint density at radius 3 is 2.55 bits per heavy atom. The summed E-state index contributed by atoms with van der Waals surface area (Å²) < 4.78 is 0. The molecule has 1 rings (SSSR count). The molecule has 0 spiro atoms. The van der Waals surface area contributed by atoms with Crippen molar-refractivity contribution in [3.05, 3.63) is 16.1 Å². The average Bonchev–Trinajstić information content (AvgIpc) is 2.70. The summed E-state index contributed by atoms with van der Waals surface area (Å²) in [6.07, 6.45) is 1.65. The smallest absolute Gasteiger partial charge is 0.315 e. The van der Waals surface area contributed by atoms with Gasteiger partial charge in [-0.3, -0.25) is 4.79 Å². The number of nitrogens with zero attached hydrogens (tertiary/aromatic N) is 1. The van der Waals surface area contributed by atoms with Crippen LogP contribution in [-0.2, 0) is 11.3 Å². The van der Waals surface area contributed by atoms with Crippen LogP contribution in [0.3, 0.4) is 0 Å². The second kappa shape index (κ2) is 6.69. The number of aryl methyl sites for hydroxylation is 1. The molecule has 0 saturated heterocycles. The molecule has 2 amide bonds. The second-order valence-corrected chi connectivity index (χ2v) is 7.03. The van der Waals surface area contributed by atoms with Gasteiger partial charge in [0.1, 0.15) is 5.01 Å². The van der Waals surface area contributed by atoms with Gasteiger partial charge in [-0.25, -0.2) is 9.78 Å². The van der Waals surface area contributed by atoms with Crippen molar-refractivity contribution in [1.82, 2.24) is 15.6 Å². The summed E-state index contributed by atoms with van der Waals surface area (Å²) in [5.74, 6) is -0.930. The first-order valence-electron chi connectivity index (χ1n) is 6.36. The number of carbonyl (C=O) groups excluding carboxylic acids is 1. The van der Waals surface area contributed by atoms with Crippen LogP contribution in [0.25, 0.3) is 0 Å². The van der Waals surface area contributed by atoms with Crippen molar-refractivity contribution in [2.75, 3.05) is 0 Å². The number of aromatic nitrogens is 1. The molecule has 1 unspecified atom stereocenters. The lowest BCUT2D eigenvalue weighted by atomic mass is 9.85. The fraction of sp³-hybridized carbons (Fsp3) is 0.615. The Bertz CT molecular complexity index is 479. The van der Waals surface area contributed by atoms with Crippen molar-refractivity contribution in [2.45, 2.75) is 46.7 Å². The Morgan fingerprint density at radius 2 is 2.10 bits per heavy atom. The van der Waals surface area contributed by atoms with Crippen molar-refractivity contribution in [3.8, 4) is 0 Å². The third-order valence-corrected chi connectivity index (χ3v) is 3.71. The molecule has 1 aromatic heterocycles. The highest BCUT2D eigenvalue weighted by Crippen LogP contribution is 2.21. The highest BCUT2D eigenvalue weighted by molar-refractivity contribution is 7.11. The molecular weight excluding hydrogens is 278 g/mol. The van der Waals surface area contributed by atoms with E-state index in [2.05, 4.69) is 15.6 Å². The normalized spacial score (nSPS) is 12.8. The summed E-state index contributed by atoms with van der Waals surface area (Å²) in [7, 11) is 0. The maximum Gasteiger partial charge on any atom is 0.315 e. The van der Waals surface area contributed by atoms with E-state index in [-0.39, 0.29) is 17.9 Å². The van der Waals surface area contributed by atoms with Crippen LogP contribution in [0.4, 0.5) is 4.79 Å². The van der Waals surface area contributed by atoms with Crippen LogP contribution in [-0.4, -0.2) is 28.1 Å². The van der Waals surface area contributed by atoms with Gasteiger partial charge in [0.05, 0.1) is 13.0 Å². The molecule has 0 aliphatic carbocycles. The summed E-state index contributed by atoms with van der Waals surface area (Å²) in [5, 5.41) is 15.1. The van der Waals surface area contributed by atoms with Gasteiger partial charge in [0.15, 0.2) is 0 Å². The van der Waals surface area contributed by atoms with Crippen molar-refractivity contribution >= 4 is 23.3 Å². The van der Waals surface area contributed by atoms with E-state index in [0.717, 1.165) is 9.88 Å². The van der Waals surface area contributed by atoms with Crippen molar-refractivity contribution < 1.29 is 14.7 Å². The summed E-state index contributed by atoms with van der Waals surface area (Å²) in [4.78, 5) is 27.9. The number of aliphatic carboxylic acids is 1. The number of amides is 2. The van der Waals surface area contributed by atoms with E-state index in [9.17, 15) is 9.59 Å². The number of carboxylic acid groups (broad SMARTS) is 1. The molecule has 0 fully saturated rings. The molecule has 0 bridgehead atoms. The molecule has 0 saturated carbocycles. The molecule has 1 aromatic rings. The van der Waals surface area contributed by atoms with E-state index in [1.165, 1.54) is 11.3 Å². The SMILES string of the molecule is Cc1cnc(CNC(=O)NC(CC(=O)O)C(C)(C)C)s1. The predicted octanol–water partition coefficient (Wildman–Crippen LogP) is 2.14. The van der Waals surface area contributed by atoms with Crippen LogP contribution in [0, 0.1) is 12.3 Å². The van der Waals surface area contributed by atoms with E-state index in [1.54, 1.807) is 6.20 Å². The maximum absolute atomic E-state index is 11.8. The number of urea groups is 1. The number of carbonyl (C=O) groups is 2. The minimum absolute atomic E-state index is 0.104. The first kappa shape index (κ1) is 16.4. The van der Waals surface area contributed by atoms with Crippen LogP contribution >= 0.6 is 11.3 Å². The summed E-state index contributed by atoms with van der Waals surface area (Å²) >= 11 is 1.52. The monoisotopic (exact) mass is 299 g/mol. The van der Waals surface area contributed by atoms with Crippen molar-refractivity contribution in [2.24, 2.45) is 5.41 Å². The van der Waals surface area contributed by atoms with Gasteiger partial charge in [0.25, 0.3) is 0 Å². The molecule has 6 nitrogen and oxygen atoms in total. The molecule has 3 N–H and O–H groups in total. The number of carboxylic acids is 1. The van der Waals surface area contributed by atoms with Gasteiger partial charge < -0.3 is 15.7 Å². The third kappa shape index (κ3) is 5.56. The minimum atomic E-state index is -0.930. The highest BCUT2D eigenvalue weighted by atomic mass is 32.1. The van der Waals surface area contributed by atoms with E-state index >= 15 is 0 Å². The lowest BCUT2D eigenvalue weighted by molar-refractivity contribution is -0.138. The van der Waals surface area contributed by atoms with Gasteiger partial charge in [-0.15, -0.1) is 11.3 Å². The Labute approximate surface area is 122 Å². The minimum Gasteiger partial charge on any atom is -0.481 e. The van der Waals surface area contributed by atoms with E-state index < -0.39 is 12.0 Å². The quantitative estimate of drug-likeness (QED) is 0.777. The zero-order chi connectivity index (χ0) is 15.3. The Morgan fingerprint density at radius 1 is 1.45 bits per heavy atom. The molecule has 20 heavy (non-hydrogen) atoms. The van der Waals surface area contributed by atoms with Gasteiger partial charge in [0, 0.05) is 17.1 Å². The number of rotatable bonds is 5. The second-order valence-electron chi connectivity index (χ2n) is 5.71. The Kier molecular flexibility index (Phi) is 5.50. The molecule has 1 heterocycles. The van der Waals surface area contributed by atoms with Gasteiger partial charge in [-0.05, 0) is 12.3 Å². The van der Waals surface area contributed by atoms with Crippen LogP contribution in [0.2, 0.25) is 0 Å². The molecule has 0 aromatic carbocycles. The molecule has 0 aliphatic heterocycles. The van der Waals surface area contributed by atoms with Gasteiger partial charge >= 0.3 is 12.0 Å². The fourth-order valence-electron chi connectivity index (χ4n) is 1.60. The summed E-state index contributed by atoms with van der Waals surface area (Å²) in [6, 6.07) is -0.808. The maximum atomic E-state index is 11.8. The number of thiazole rings is 1. The lowest BCUT2D eigenvalue weighted by Crippen LogP contribution is -2.48. The van der Waals surface area contributed by atoms with Crippen LogP contribution in [0.5, 0.6) is 0 Å². The van der Waals surface area contributed by atoms with Gasteiger partial charge in [-0.2, -0.15) is 0 Å². The average molecular weight is 299 g/mol. The topological polar surface area (TPSA) is 91.3 Å². The molecule has 0 aliphatic rings. The molecule has 7 heteroatoms. The van der Waals surface area contributed by atoms with E-state index in [4.69, 9.17) is 5.11 Å². The standard InChI is InChI=1S/C13H21N3O3S/c1-8-6-14-10(20-8)7-15-12(19)16-9(5-11(17)18)13(2,3)4/h6,9H,5,7H2,1-4H3,(H,17,18)(H2,15,16,19). The fourth-order valence-corrected chi connectivity index (χ4v) is 2.32. The van der Waals surface area contributed by atoms with Crippen molar-refractivity contribution in [3.63, 3.8) is 0 Å². The lowest BCUT2D eigenvalue weighted by Gasteiger charge is -2.30. The highest BCUT2D eigenvalue weighted by Gasteiger charge is 2.28. The molecule has 112 valence electrons. The van der Waals surface area contributed by atoms with E-state index in [0.29, 0.717) is 6.54 Å². The summed E-state index contributed by atoms with van der Waals surface area (Å²) in [5.41, 5.74) is -0.326. The molecule has 0 radical (unpaired) electrons. The Hall–Kier alpha value is -1.63. The van der Waals surface area contributed by atoms with E-state index in [1.807, 2.05) is 27.7 Å². The molecule has 1 atom stereocenters. The molecular formula is C13H21N3O3S. The zero-order valence-electron chi connectivity index (χ0n) is 12.2. The number of hydrogen-bond acceptors (Lipinski definition) is 4. The summed E-state index contributed by atoms with van der Waals surface area (Å²) in [6.45, 7) is 7.97.